The average Bonchev–Trinajstić information content (AvgIpc) is 2.76. The molecule has 1 aliphatic rings. The standard InChI is InChI=1S/C20H19FN2O/c1-13-4-2-7-18-17(10-13)20(24)23-9-8-15(12-19(23)22-18)14-5-3-6-16(21)11-14/h3,5-6,8-9,11-13H,2,4,7,10H2,1H3. The van der Waals surface area contributed by atoms with Crippen molar-refractivity contribution >= 4 is 5.65 Å². The fraction of sp³-hybridized carbons (Fsp3) is 0.300. The minimum Gasteiger partial charge on any atom is -0.269 e. The average molecular weight is 322 g/mol. The molecule has 0 fully saturated rings. The number of aryl methyl sites for hydroxylation is 1. The maximum absolute atomic E-state index is 13.5. The first-order valence-corrected chi connectivity index (χ1v) is 8.42. The highest BCUT2D eigenvalue weighted by Gasteiger charge is 2.19. The summed E-state index contributed by atoms with van der Waals surface area (Å²) in [7, 11) is 0. The highest BCUT2D eigenvalue weighted by atomic mass is 19.1. The molecule has 0 saturated carbocycles. The van der Waals surface area contributed by atoms with E-state index in [1.807, 2.05) is 18.2 Å². The van der Waals surface area contributed by atoms with Crippen molar-refractivity contribution in [2.75, 3.05) is 0 Å². The summed E-state index contributed by atoms with van der Waals surface area (Å²) in [5, 5.41) is 0. The lowest BCUT2D eigenvalue weighted by Crippen LogP contribution is -2.23. The van der Waals surface area contributed by atoms with Crippen molar-refractivity contribution in [2.45, 2.75) is 32.6 Å². The molecule has 2 heterocycles. The molecule has 0 N–H and O–H groups in total. The van der Waals surface area contributed by atoms with Crippen LogP contribution in [0.4, 0.5) is 4.39 Å². The Bertz CT molecular complexity index is 977. The number of aromatic nitrogens is 2. The number of halogens is 1. The Morgan fingerprint density at radius 3 is 2.88 bits per heavy atom. The lowest BCUT2D eigenvalue weighted by molar-refractivity contribution is 0.525. The quantitative estimate of drug-likeness (QED) is 0.634. The fourth-order valence-corrected chi connectivity index (χ4v) is 3.55. The molecular formula is C20H19FN2O. The Kier molecular flexibility index (Phi) is 3.68. The van der Waals surface area contributed by atoms with Crippen molar-refractivity contribution in [1.29, 1.82) is 0 Å². The van der Waals surface area contributed by atoms with Crippen LogP contribution in [0.2, 0.25) is 0 Å². The van der Waals surface area contributed by atoms with Crippen LogP contribution in [-0.4, -0.2) is 9.38 Å². The highest BCUT2D eigenvalue weighted by molar-refractivity contribution is 5.67. The molecule has 1 unspecified atom stereocenters. The summed E-state index contributed by atoms with van der Waals surface area (Å²) in [5.74, 6) is 0.249. The van der Waals surface area contributed by atoms with Gasteiger partial charge in [0, 0.05) is 11.8 Å². The second-order valence-electron chi connectivity index (χ2n) is 6.70. The van der Waals surface area contributed by atoms with E-state index in [-0.39, 0.29) is 11.4 Å². The van der Waals surface area contributed by atoms with Gasteiger partial charge in [-0.1, -0.05) is 25.5 Å². The molecule has 1 atom stereocenters. The molecule has 0 bridgehead atoms. The molecule has 0 amide bonds. The van der Waals surface area contributed by atoms with E-state index in [9.17, 15) is 9.18 Å². The lowest BCUT2D eigenvalue weighted by Gasteiger charge is -2.11. The van der Waals surface area contributed by atoms with Gasteiger partial charge in [-0.2, -0.15) is 0 Å². The topological polar surface area (TPSA) is 34.4 Å². The van der Waals surface area contributed by atoms with Gasteiger partial charge in [0.05, 0.1) is 5.69 Å². The fourth-order valence-electron chi connectivity index (χ4n) is 3.55. The zero-order valence-corrected chi connectivity index (χ0v) is 13.6. The molecule has 0 aliphatic heterocycles. The zero-order valence-electron chi connectivity index (χ0n) is 13.6. The Balaban J connectivity index is 1.89. The monoisotopic (exact) mass is 322 g/mol. The van der Waals surface area contributed by atoms with Crippen LogP contribution >= 0.6 is 0 Å². The van der Waals surface area contributed by atoms with E-state index >= 15 is 0 Å². The predicted octanol–water partition coefficient (Wildman–Crippen LogP) is 4.02. The Hall–Kier alpha value is -2.49. The minimum atomic E-state index is -0.270. The van der Waals surface area contributed by atoms with Crippen molar-refractivity contribution in [3.63, 3.8) is 0 Å². The third-order valence-corrected chi connectivity index (χ3v) is 4.83. The molecule has 4 heteroatoms. The summed E-state index contributed by atoms with van der Waals surface area (Å²) in [6.07, 6.45) is 5.61. The van der Waals surface area contributed by atoms with Crippen LogP contribution in [0.1, 0.15) is 31.0 Å². The van der Waals surface area contributed by atoms with E-state index in [2.05, 4.69) is 6.92 Å². The number of pyridine rings is 1. The number of fused-ring (bicyclic) bond motifs is 2. The van der Waals surface area contributed by atoms with Gasteiger partial charge in [0.1, 0.15) is 11.5 Å². The number of rotatable bonds is 1. The molecule has 4 rings (SSSR count). The molecule has 1 aromatic carbocycles. The van der Waals surface area contributed by atoms with Gasteiger partial charge in [-0.25, -0.2) is 9.37 Å². The second kappa shape index (κ2) is 5.86. The van der Waals surface area contributed by atoms with Crippen LogP contribution in [0.3, 0.4) is 0 Å². The summed E-state index contributed by atoms with van der Waals surface area (Å²) in [4.78, 5) is 17.6. The number of hydrogen-bond donors (Lipinski definition) is 0. The van der Waals surface area contributed by atoms with Gasteiger partial charge in [-0.05, 0) is 60.6 Å². The summed E-state index contributed by atoms with van der Waals surface area (Å²) in [6, 6.07) is 10.2. The van der Waals surface area contributed by atoms with E-state index in [0.29, 0.717) is 11.6 Å². The Morgan fingerprint density at radius 2 is 2.04 bits per heavy atom. The highest BCUT2D eigenvalue weighted by Crippen LogP contribution is 2.24. The van der Waals surface area contributed by atoms with Crippen LogP contribution in [0.5, 0.6) is 0 Å². The zero-order chi connectivity index (χ0) is 16.7. The number of hydrogen-bond acceptors (Lipinski definition) is 2. The molecular weight excluding hydrogens is 303 g/mol. The first-order valence-electron chi connectivity index (χ1n) is 8.42. The summed E-state index contributed by atoms with van der Waals surface area (Å²) in [5.41, 5.74) is 4.11. The first-order chi connectivity index (χ1) is 11.6. The molecule has 0 spiro atoms. The van der Waals surface area contributed by atoms with Gasteiger partial charge < -0.3 is 0 Å². The summed E-state index contributed by atoms with van der Waals surface area (Å²) >= 11 is 0. The van der Waals surface area contributed by atoms with E-state index in [0.717, 1.165) is 48.1 Å². The van der Waals surface area contributed by atoms with Gasteiger partial charge >= 0.3 is 0 Å². The predicted molar refractivity (Wildman–Crippen MR) is 92.7 cm³/mol. The smallest absolute Gasteiger partial charge is 0.261 e. The van der Waals surface area contributed by atoms with Crippen molar-refractivity contribution in [3.05, 3.63) is 70.0 Å². The minimum absolute atomic E-state index is 0.0366. The SMILES string of the molecule is CC1CCCc2nc3cc(-c4cccc(F)c4)ccn3c(=O)c2C1. The number of benzene rings is 1. The molecule has 0 saturated heterocycles. The summed E-state index contributed by atoms with van der Waals surface area (Å²) in [6.45, 7) is 2.19. The van der Waals surface area contributed by atoms with Crippen LogP contribution < -0.4 is 5.56 Å². The first kappa shape index (κ1) is 15.1. The second-order valence-corrected chi connectivity index (χ2v) is 6.70. The van der Waals surface area contributed by atoms with Gasteiger partial charge in [0.25, 0.3) is 5.56 Å². The Labute approximate surface area is 139 Å². The van der Waals surface area contributed by atoms with Crippen molar-refractivity contribution < 1.29 is 4.39 Å². The van der Waals surface area contributed by atoms with E-state index in [4.69, 9.17) is 4.98 Å². The Morgan fingerprint density at radius 1 is 1.21 bits per heavy atom. The molecule has 2 aromatic heterocycles. The van der Waals surface area contributed by atoms with Gasteiger partial charge in [-0.15, -0.1) is 0 Å². The largest absolute Gasteiger partial charge is 0.269 e. The van der Waals surface area contributed by atoms with Gasteiger partial charge in [0.15, 0.2) is 0 Å². The van der Waals surface area contributed by atoms with E-state index < -0.39 is 0 Å². The van der Waals surface area contributed by atoms with Crippen molar-refractivity contribution in [1.82, 2.24) is 9.38 Å². The van der Waals surface area contributed by atoms with Crippen molar-refractivity contribution in [3.8, 4) is 11.1 Å². The van der Waals surface area contributed by atoms with Crippen LogP contribution in [0.15, 0.2) is 47.4 Å². The molecule has 24 heavy (non-hydrogen) atoms. The number of nitrogens with zero attached hydrogens (tertiary/aromatic N) is 2. The molecule has 0 radical (unpaired) electrons. The maximum atomic E-state index is 13.5. The van der Waals surface area contributed by atoms with Crippen LogP contribution in [-0.2, 0) is 12.8 Å². The lowest BCUT2D eigenvalue weighted by atomic mass is 10.0. The van der Waals surface area contributed by atoms with Crippen molar-refractivity contribution in [2.24, 2.45) is 5.92 Å². The van der Waals surface area contributed by atoms with Gasteiger partial charge in [-0.3, -0.25) is 9.20 Å². The molecule has 1 aliphatic carbocycles. The molecule has 3 nitrogen and oxygen atoms in total. The van der Waals surface area contributed by atoms with Crippen LogP contribution in [0.25, 0.3) is 16.8 Å². The third-order valence-electron chi connectivity index (χ3n) is 4.83. The van der Waals surface area contributed by atoms with Gasteiger partial charge in [0.2, 0.25) is 0 Å². The maximum Gasteiger partial charge on any atom is 0.261 e. The molecule has 3 aromatic rings. The van der Waals surface area contributed by atoms with E-state index in [1.165, 1.54) is 12.1 Å². The van der Waals surface area contributed by atoms with E-state index in [1.54, 1.807) is 16.7 Å². The normalized spacial score (nSPS) is 17.5. The van der Waals surface area contributed by atoms with Crippen LogP contribution in [0, 0.1) is 11.7 Å². The molecule has 122 valence electrons. The third kappa shape index (κ3) is 2.62. The summed E-state index contributed by atoms with van der Waals surface area (Å²) < 4.78 is 15.1.